The van der Waals surface area contributed by atoms with Crippen LogP contribution in [-0.2, 0) is 21.1 Å². The van der Waals surface area contributed by atoms with Crippen molar-refractivity contribution < 1.29 is 13.2 Å². The van der Waals surface area contributed by atoms with Crippen LogP contribution in [0.3, 0.4) is 0 Å². The van der Waals surface area contributed by atoms with E-state index in [9.17, 15) is 13.2 Å². The monoisotopic (exact) mass is 337 g/mol. The first-order valence-electron chi connectivity index (χ1n) is 8.30. The average Bonchev–Trinajstić information content (AvgIpc) is 3.24. The molecule has 0 N–H and O–H groups in total. The van der Waals surface area contributed by atoms with Crippen LogP contribution in [0.5, 0.6) is 0 Å². The number of benzene rings is 1. The normalized spacial score (nSPS) is 16.1. The first-order valence-corrected chi connectivity index (χ1v) is 10.4. The molecule has 5 heteroatoms. The average molecular weight is 337 g/mol. The molecule has 1 atom stereocenters. The van der Waals surface area contributed by atoms with Crippen LogP contribution >= 0.6 is 0 Å². The van der Waals surface area contributed by atoms with Gasteiger partial charge in [-0.25, -0.2) is 8.42 Å². The van der Waals surface area contributed by atoms with Gasteiger partial charge in [0.15, 0.2) is 0 Å². The SMILES string of the molecule is Cc1ccc(CCCC(=O)N(C2CC2)[C@H](C)CS(C)(=O)=O)cc1. The van der Waals surface area contributed by atoms with Crippen LogP contribution < -0.4 is 0 Å². The molecule has 1 amide bonds. The lowest BCUT2D eigenvalue weighted by Crippen LogP contribution is -2.43. The third-order valence-electron chi connectivity index (χ3n) is 4.22. The summed E-state index contributed by atoms with van der Waals surface area (Å²) in [6, 6.07) is 8.39. The number of sulfone groups is 1. The summed E-state index contributed by atoms with van der Waals surface area (Å²) in [5, 5.41) is 0. The fourth-order valence-electron chi connectivity index (χ4n) is 3.01. The van der Waals surface area contributed by atoms with Crippen molar-refractivity contribution >= 4 is 15.7 Å². The minimum atomic E-state index is -3.07. The number of hydrogen-bond acceptors (Lipinski definition) is 3. The third-order valence-corrected chi connectivity index (χ3v) is 5.31. The largest absolute Gasteiger partial charge is 0.336 e. The number of hydrogen-bond donors (Lipinski definition) is 0. The highest BCUT2D eigenvalue weighted by molar-refractivity contribution is 7.90. The Bertz CT molecular complexity index is 633. The van der Waals surface area contributed by atoms with E-state index in [1.54, 1.807) is 0 Å². The van der Waals surface area contributed by atoms with Crippen molar-refractivity contribution in [3.05, 3.63) is 35.4 Å². The number of rotatable bonds is 8. The second-order valence-electron chi connectivity index (χ2n) is 6.81. The van der Waals surface area contributed by atoms with Crippen molar-refractivity contribution in [1.82, 2.24) is 4.90 Å². The van der Waals surface area contributed by atoms with Gasteiger partial charge in [-0.3, -0.25) is 4.79 Å². The Morgan fingerprint density at radius 3 is 2.39 bits per heavy atom. The molecule has 0 heterocycles. The third kappa shape index (κ3) is 5.98. The maximum atomic E-state index is 12.5. The molecule has 0 bridgehead atoms. The Labute approximate surface area is 139 Å². The lowest BCUT2D eigenvalue weighted by atomic mass is 10.1. The number of nitrogens with zero attached hydrogens (tertiary/aromatic N) is 1. The topological polar surface area (TPSA) is 54.5 Å². The highest BCUT2D eigenvalue weighted by Crippen LogP contribution is 2.30. The summed E-state index contributed by atoms with van der Waals surface area (Å²) in [7, 11) is -3.07. The van der Waals surface area contributed by atoms with Crippen LogP contribution in [-0.4, -0.2) is 43.3 Å². The molecule has 2 rings (SSSR count). The lowest BCUT2D eigenvalue weighted by Gasteiger charge is -2.29. The van der Waals surface area contributed by atoms with Crippen molar-refractivity contribution in [2.45, 2.75) is 58.0 Å². The minimum absolute atomic E-state index is 0.0488. The van der Waals surface area contributed by atoms with Gasteiger partial charge >= 0.3 is 0 Å². The predicted octanol–water partition coefficient (Wildman–Crippen LogP) is 2.74. The first kappa shape index (κ1) is 18.0. The zero-order chi connectivity index (χ0) is 17.0. The second-order valence-corrected chi connectivity index (χ2v) is 9.00. The van der Waals surface area contributed by atoms with Gasteiger partial charge in [-0.1, -0.05) is 29.8 Å². The maximum absolute atomic E-state index is 12.5. The lowest BCUT2D eigenvalue weighted by molar-refractivity contribution is -0.133. The summed E-state index contributed by atoms with van der Waals surface area (Å²) in [5.74, 6) is 0.142. The Hall–Kier alpha value is -1.36. The fraction of sp³-hybridized carbons (Fsp3) is 0.611. The Kier molecular flexibility index (Phi) is 5.84. The molecule has 1 fully saturated rings. The minimum Gasteiger partial charge on any atom is -0.336 e. The molecule has 1 aromatic rings. The van der Waals surface area contributed by atoms with E-state index in [0.717, 1.165) is 25.7 Å². The van der Waals surface area contributed by atoms with Gasteiger partial charge in [0.05, 0.1) is 5.75 Å². The van der Waals surface area contributed by atoms with E-state index < -0.39 is 9.84 Å². The van der Waals surface area contributed by atoms with Gasteiger partial charge in [-0.15, -0.1) is 0 Å². The molecular weight excluding hydrogens is 310 g/mol. The smallest absolute Gasteiger partial charge is 0.223 e. The molecule has 1 aliphatic carbocycles. The van der Waals surface area contributed by atoms with Crippen molar-refractivity contribution in [2.75, 3.05) is 12.0 Å². The van der Waals surface area contributed by atoms with Crippen molar-refractivity contribution in [1.29, 1.82) is 0 Å². The number of amides is 1. The van der Waals surface area contributed by atoms with Crippen molar-refractivity contribution in [2.24, 2.45) is 0 Å². The second kappa shape index (κ2) is 7.47. The standard InChI is InChI=1S/C18H27NO3S/c1-14-7-9-16(10-8-14)5-4-6-18(20)19(17-11-12-17)15(2)13-23(3,21)22/h7-10,15,17H,4-6,11-13H2,1-3H3/t15-/m1/s1. The Balaban J connectivity index is 1.87. The molecule has 0 spiro atoms. The summed E-state index contributed by atoms with van der Waals surface area (Å²) in [4.78, 5) is 14.3. The van der Waals surface area contributed by atoms with Gasteiger partial charge in [-0.2, -0.15) is 0 Å². The van der Waals surface area contributed by atoms with E-state index in [1.165, 1.54) is 17.4 Å². The molecule has 1 aromatic carbocycles. The summed E-state index contributed by atoms with van der Waals surface area (Å²) in [6.07, 6.45) is 5.40. The molecule has 4 nitrogen and oxygen atoms in total. The fourth-order valence-corrected chi connectivity index (χ4v) is 4.04. The number of carbonyl (C=O) groups is 1. The van der Waals surface area contributed by atoms with Crippen molar-refractivity contribution in [3.8, 4) is 0 Å². The quantitative estimate of drug-likeness (QED) is 0.733. The zero-order valence-electron chi connectivity index (χ0n) is 14.3. The van der Waals surface area contributed by atoms with Gasteiger partial charge in [0, 0.05) is 24.8 Å². The summed E-state index contributed by atoms with van der Waals surface area (Å²) in [5.41, 5.74) is 2.48. The van der Waals surface area contributed by atoms with Crippen LogP contribution in [0.2, 0.25) is 0 Å². The molecule has 0 radical (unpaired) electrons. The van der Waals surface area contributed by atoms with Gasteiger partial charge in [0.25, 0.3) is 0 Å². The number of aryl methyl sites for hydroxylation is 2. The van der Waals surface area contributed by atoms with Crippen LogP contribution in [0.1, 0.15) is 43.7 Å². The van der Waals surface area contributed by atoms with E-state index >= 15 is 0 Å². The predicted molar refractivity (Wildman–Crippen MR) is 93.2 cm³/mol. The van der Waals surface area contributed by atoms with Crippen LogP contribution in [0.15, 0.2) is 24.3 Å². The van der Waals surface area contributed by atoms with Crippen LogP contribution in [0, 0.1) is 6.92 Å². The highest BCUT2D eigenvalue weighted by atomic mass is 32.2. The summed E-state index contributed by atoms with van der Waals surface area (Å²) in [6.45, 7) is 3.90. The van der Waals surface area contributed by atoms with Gasteiger partial charge < -0.3 is 4.90 Å². The van der Waals surface area contributed by atoms with Crippen LogP contribution in [0.25, 0.3) is 0 Å². The Morgan fingerprint density at radius 1 is 1.26 bits per heavy atom. The molecule has 0 aliphatic heterocycles. The number of carbonyl (C=O) groups excluding carboxylic acids is 1. The Morgan fingerprint density at radius 2 is 1.87 bits per heavy atom. The van der Waals surface area contributed by atoms with E-state index in [4.69, 9.17) is 0 Å². The first-order chi connectivity index (χ1) is 10.8. The highest BCUT2D eigenvalue weighted by Gasteiger charge is 2.36. The molecule has 128 valence electrons. The van der Waals surface area contributed by atoms with E-state index in [1.807, 2.05) is 11.8 Å². The molecule has 23 heavy (non-hydrogen) atoms. The van der Waals surface area contributed by atoms with Crippen LogP contribution in [0.4, 0.5) is 0 Å². The molecule has 0 unspecified atom stereocenters. The molecular formula is C18H27NO3S. The summed E-state index contributed by atoms with van der Waals surface area (Å²) >= 11 is 0. The van der Waals surface area contributed by atoms with E-state index in [0.29, 0.717) is 6.42 Å². The van der Waals surface area contributed by atoms with E-state index in [2.05, 4.69) is 31.2 Å². The molecule has 1 aliphatic rings. The summed E-state index contributed by atoms with van der Waals surface area (Å²) < 4.78 is 23.0. The molecule has 0 saturated heterocycles. The van der Waals surface area contributed by atoms with Crippen molar-refractivity contribution in [3.63, 3.8) is 0 Å². The van der Waals surface area contributed by atoms with E-state index in [-0.39, 0.29) is 23.7 Å². The van der Waals surface area contributed by atoms with Gasteiger partial charge in [0.2, 0.25) is 5.91 Å². The zero-order valence-corrected chi connectivity index (χ0v) is 15.1. The van der Waals surface area contributed by atoms with Gasteiger partial charge in [0.1, 0.15) is 9.84 Å². The molecule has 1 saturated carbocycles. The van der Waals surface area contributed by atoms with Gasteiger partial charge in [-0.05, 0) is 45.1 Å². The maximum Gasteiger partial charge on any atom is 0.223 e. The molecule has 0 aromatic heterocycles.